The number of amides is 1. The highest BCUT2D eigenvalue weighted by Gasteiger charge is 2.39. The third-order valence-corrected chi connectivity index (χ3v) is 9.33. The minimum atomic E-state index is -1.18. The van der Waals surface area contributed by atoms with Crippen molar-refractivity contribution in [3.05, 3.63) is 75.5 Å². The normalized spacial score (nSPS) is 35.1. The molecule has 10 heteroatoms. The number of Topliss-reactive ketones (excluding diaryl/α,β-unsaturated/α-hetero) is 3. The molecule has 0 aromatic heterocycles. The van der Waals surface area contributed by atoms with E-state index in [4.69, 9.17) is 0 Å². The van der Waals surface area contributed by atoms with Gasteiger partial charge in [0.25, 0.3) is 0 Å². The van der Waals surface area contributed by atoms with Gasteiger partial charge in [-0.2, -0.15) is 0 Å². The number of carbonyl (C=O) groups excluding carboxylic acids is 4. The Morgan fingerprint density at radius 1 is 0.667 bits per heavy atom. The van der Waals surface area contributed by atoms with Crippen LogP contribution in [0, 0.1) is 36.5 Å². The summed E-state index contributed by atoms with van der Waals surface area (Å²) in [5.74, 6) is -6.57. The summed E-state index contributed by atoms with van der Waals surface area (Å²) in [5, 5.41) is 57.6. The zero-order valence-electron chi connectivity index (χ0n) is 27.0. The Balaban J connectivity index is 2.17. The monoisotopic (exact) mass is 623 g/mol. The molecule has 0 saturated heterocycles. The van der Waals surface area contributed by atoms with Gasteiger partial charge in [0.05, 0.1) is 35.7 Å². The molecule has 1 amide bonds. The predicted molar refractivity (Wildman–Crippen MR) is 169 cm³/mol. The fraction of sp³-hybridized carbons (Fsp3) is 0.486. The molecule has 1 aliphatic carbocycles. The minimum absolute atomic E-state index is 0.0853. The average Bonchev–Trinajstić information content (AvgIpc) is 3.01. The van der Waals surface area contributed by atoms with Crippen LogP contribution in [0.5, 0.6) is 5.75 Å². The molecule has 1 aromatic rings. The third-order valence-electron chi connectivity index (χ3n) is 9.33. The van der Waals surface area contributed by atoms with Crippen molar-refractivity contribution in [1.82, 2.24) is 5.32 Å². The highest BCUT2D eigenvalue weighted by molar-refractivity contribution is 6.31. The quantitative estimate of drug-likeness (QED) is 0.253. The molecule has 9 atom stereocenters. The highest BCUT2D eigenvalue weighted by Crippen LogP contribution is 2.37. The summed E-state index contributed by atoms with van der Waals surface area (Å²) < 4.78 is 0. The van der Waals surface area contributed by atoms with E-state index in [0.717, 1.165) is 6.08 Å². The lowest BCUT2D eigenvalue weighted by atomic mass is 9.77. The van der Waals surface area contributed by atoms with Crippen molar-refractivity contribution in [2.45, 2.75) is 79.8 Å². The SMILES string of the molecule is CC1=C2NC(=O)/C=C\C=C/[C@H](C)[C@H](O)[C@@H](C)[C@@H](O)[C@@H](C)[C@H](O)[C@H](C)[C@@H](O)[C@@H](C)/C=C(/C)C(=O)c3c(O)c(C)cc(c3C1=O)C2=O. The van der Waals surface area contributed by atoms with Crippen LogP contribution < -0.4 is 5.32 Å². The standard InChI is InChI=1S/C35H45NO9/c1-15-11-9-10-12-24(37)36-27-19(5)34(44)25-23(35(27)45)14-18(4)31(41)26(25)30(40)17(3)13-16(2)29(39)21(7)33(43)22(8)32(42)20(6)28(15)38/h9-16,20-22,28-29,32-33,38-39,41-43H,1-8H3,(H,36,37)/b11-9-,12-10-,17-13-/t15-,16-,20+,21+,22+,28-,29-,32+,33+/m0/s1. The van der Waals surface area contributed by atoms with Gasteiger partial charge in [-0.1, -0.05) is 58.9 Å². The van der Waals surface area contributed by atoms with E-state index in [0.29, 0.717) is 0 Å². The number of hydrogen-bond donors (Lipinski definition) is 6. The van der Waals surface area contributed by atoms with Crippen LogP contribution in [0.15, 0.2) is 53.3 Å². The van der Waals surface area contributed by atoms with Crippen LogP contribution in [0.2, 0.25) is 0 Å². The number of aliphatic hydroxyl groups is 4. The summed E-state index contributed by atoms with van der Waals surface area (Å²) >= 11 is 0. The van der Waals surface area contributed by atoms with Crippen molar-refractivity contribution in [2.75, 3.05) is 0 Å². The Morgan fingerprint density at radius 2 is 1.20 bits per heavy atom. The maximum absolute atomic E-state index is 13.8. The van der Waals surface area contributed by atoms with Crippen molar-refractivity contribution < 1.29 is 44.7 Å². The van der Waals surface area contributed by atoms with Crippen LogP contribution in [0.4, 0.5) is 0 Å². The van der Waals surface area contributed by atoms with Crippen LogP contribution in [0.3, 0.4) is 0 Å². The molecular formula is C35H45NO9. The van der Waals surface area contributed by atoms with Gasteiger partial charge < -0.3 is 30.8 Å². The van der Waals surface area contributed by atoms with Gasteiger partial charge in [-0.05, 0) is 38.0 Å². The minimum Gasteiger partial charge on any atom is -0.507 e. The Bertz CT molecular complexity index is 1500. The summed E-state index contributed by atoms with van der Waals surface area (Å²) in [6.45, 7) is 12.6. The summed E-state index contributed by atoms with van der Waals surface area (Å²) in [7, 11) is 0. The van der Waals surface area contributed by atoms with Crippen LogP contribution in [-0.2, 0) is 4.79 Å². The number of allylic oxidation sites excluding steroid dienone is 5. The number of aliphatic hydroxyl groups excluding tert-OH is 4. The molecule has 1 aromatic carbocycles. The first-order valence-corrected chi connectivity index (χ1v) is 15.2. The van der Waals surface area contributed by atoms with E-state index in [1.54, 1.807) is 40.7 Å². The first kappa shape index (κ1) is 35.8. The molecule has 3 aliphatic rings. The number of fused-ring (bicyclic) bond motifs is 15. The fourth-order valence-electron chi connectivity index (χ4n) is 6.15. The Labute approximate surface area is 263 Å². The van der Waals surface area contributed by atoms with E-state index in [1.165, 1.54) is 45.1 Å². The number of phenols is 1. The highest BCUT2D eigenvalue weighted by atomic mass is 16.3. The second kappa shape index (κ2) is 14.2. The maximum atomic E-state index is 13.8. The van der Waals surface area contributed by atoms with Gasteiger partial charge in [0.1, 0.15) is 5.75 Å². The summed E-state index contributed by atoms with van der Waals surface area (Å²) in [5.41, 5.74) is -0.841. The molecule has 6 N–H and O–H groups in total. The van der Waals surface area contributed by atoms with E-state index < -0.39 is 83.0 Å². The van der Waals surface area contributed by atoms with Crippen LogP contribution in [-0.4, -0.2) is 73.2 Å². The fourth-order valence-corrected chi connectivity index (χ4v) is 6.15. The number of phenolic OH excluding ortho intramolecular Hbond substituents is 1. The van der Waals surface area contributed by atoms with E-state index in [2.05, 4.69) is 5.32 Å². The third kappa shape index (κ3) is 7.09. The smallest absolute Gasteiger partial charge is 0.248 e. The Kier molecular flexibility index (Phi) is 11.3. The van der Waals surface area contributed by atoms with Gasteiger partial charge in [-0.25, -0.2) is 0 Å². The summed E-state index contributed by atoms with van der Waals surface area (Å²) in [6, 6.07) is 1.30. The van der Waals surface area contributed by atoms with Crippen LogP contribution in [0.25, 0.3) is 0 Å². The Morgan fingerprint density at radius 3 is 1.78 bits per heavy atom. The van der Waals surface area contributed by atoms with Crippen LogP contribution >= 0.6 is 0 Å². The molecule has 2 heterocycles. The molecule has 0 radical (unpaired) electrons. The number of nitrogens with one attached hydrogen (secondary N) is 1. The number of ketones is 3. The summed E-state index contributed by atoms with van der Waals surface area (Å²) in [4.78, 5) is 53.7. The molecule has 244 valence electrons. The molecular weight excluding hydrogens is 578 g/mol. The number of rotatable bonds is 0. The van der Waals surface area contributed by atoms with Gasteiger partial charge in [-0.3, -0.25) is 19.2 Å². The van der Waals surface area contributed by atoms with Crippen molar-refractivity contribution in [2.24, 2.45) is 29.6 Å². The maximum Gasteiger partial charge on any atom is 0.248 e. The van der Waals surface area contributed by atoms with Gasteiger partial charge in [0, 0.05) is 52.4 Å². The van der Waals surface area contributed by atoms with Gasteiger partial charge >= 0.3 is 0 Å². The molecule has 45 heavy (non-hydrogen) atoms. The number of hydrogen-bond acceptors (Lipinski definition) is 9. The second-order valence-electron chi connectivity index (χ2n) is 12.7. The number of aromatic hydroxyl groups is 1. The van der Waals surface area contributed by atoms with Crippen molar-refractivity contribution >= 4 is 23.3 Å². The number of aryl methyl sites for hydroxylation is 1. The predicted octanol–water partition coefficient (Wildman–Crippen LogP) is 3.35. The lowest BCUT2D eigenvalue weighted by molar-refractivity contribution is -0.115. The molecule has 0 saturated carbocycles. The summed E-state index contributed by atoms with van der Waals surface area (Å²) in [6.07, 6.45) is 2.72. The van der Waals surface area contributed by atoms with Gasteiger partial charge in [-0.15, -0.1) is 0 Å². The molecule has 0 fully saturated rings. The molecule has 0 spiro atoms. The lowest BCUT2D eigenvalue weighted by Gasteiger charge is -2.36. The largest absolute Gasteiger partial charge is 0.507 e. The molecule has 4 rings (SSSR count). The van der Waals surface area contributed by atoms with Crippen molar-refractivity contribution in [1.29, 1.82) is 0 Å². The molecule has 2 aliphatic heterocycles. The van der Waals surface area contributed by atoms with E-state index >= 15 is 0 Å². The topological polar surface area (TPSA) is 181 Å². The zero-order chi connectivity index (χ0) is 34.1. The zero-order valence-corrected chi connectivity index (χ0v) is 27.0. The van der Waals surface area contributed by atoms with Crippen molar-refractivity contribution in [3.8, 4) is 5.75 Å². The van der Waals surface area contributed by atoms with Crippen LogP contribution in [0.1, 0.15) is 85.1 Å². The van der Waals surface area contributed by atoms with Gasteiger partial charge in [0.15, 0.2) is 11.6 Å². The molecule has 4 bridgehead atoms. The van der Waals surface area contributed by atoms with Gasteiger partial charge in [0.2, 0.25) is 11.7 Å². The lowest BCUT2D eigenvalue weighted by Crippen LogP contribution is -2.45. The second-order valence-corrected chi connectivity index (χ2v) is 12.7. The van der Waals surface area contributed by atoms with Crippen molar-refractivity contribution in [3.63, 3.8) is 0 Å². The first-order chi connectivity index (χ1) is 20.9. The number of benzene rings is 1. The van der Waals surface area contributed by atoms with E-state index in [-0.39, 0.29) is 39.1 Å². The van der Waals surface area contributed by atoms with E-state index in [9.17, 15) is 44.7 Å². The molecule has 0 unspecified atom stereocenters. The first-order valence-electron chi connectivity index (χ1n) is 15.2. The number of carbonyl (C=O) groups is 4. The molecule has 10 nitrogen and oxygen atoms in total. The Hall–Kier alpha value is -3.70. The average molecular weight is 624 g/mol. The van der Waals surface area contributed by atoms with E-state index in [1.807, 2.05) is 0 Å².